The third-order valence-electron chi connectivity index (χ3n) is 5.02. The number of aromatic nitrogens is 3. The van der Waals surface area contributed by atoms with Crippen LogP contribution in [0.25, 0.3) is 11.1 Å². The van der Waals surface area contributed by atoms with E-state index in [-0.39, 0.29) is 0 Å². The second-order valence-corrected chi connectivity index (χ2v) is 6.80. The normalized spacial score (nSPS) is 19.7. The van der Waals surface area contributed by atoms with Crippen LogP contribution in [0.3, 0.4) is 0 Å². The Labute approximate surface area is 154 Å². The van der Waals surface area contributed by atoms with E-state index in [1.165, 1.54) is 22.3 Å². The first-order valence-corrected chi connectivity index (χ1v) is 9.14. The summed E-state index contributed by atoms with van der Waals surface area (Å²) in [5, 5.41) is 7.82. The predicted octanol–water partition coefficient (Wildman–Crippen LogP) is 3.26. The van der Waals surface area contributed by atoms with Gasteiger partial charge in [0.25, 0.3) is 0 Å². The van der Waals surface area contributed by atoms with Gasteiger partial charge in [-0.25, -0.2) is 9.67 Å². The lowest BCUT2D eigenvalue weighted by molar-refractivity contribution is 0.113. The minimum absolute atomic E-state index is 0.290. The summed E-state index contributed by atoms with van der Waals surface area (Å²) >= 11 is 0. The van der Waals surface area contributed by atoms with Crippen LogP contribution in [0, 0.1) is 0 Å². The van der Waals surface area contributed by atoms with Gasteiger partial charge < -0.3 is 10.1 Å². The minimum Gasteiger partial charge on any atom is -0.377 e. The second-order valence-electron chi connectivity index (χ2n) is 6.80. The largest absolute Gasteiger partial charge is 0.377 e. The summed E-state index contributed by atoms with van der Waals surface area (Å²) in [6.07, 6.45) is 4.68. The number of nitrogens with one attached hydrogen (secondary N) is 1. The molecule has 5 nitrogen and oxygen atoms in total. The maximum Gasteiger partial charge on any atom is 0.137 e. The van der Waals surface area contributed by atoms with Crippen molar-refractivity contribution in [3.63, 3.8) is 0 Å². The van der Waals surface area contributed by atoms with E-state index >= 15 is 0 Å². The van der Waals surface area contributed by atoms with Gasteiger partial charge in [-0.15, -0.1) is 0 Å². The molecule has 2 aromatic carbocycles. The Morgan fingerprint density at radius 2 is 2.00 bits per heavy atom. The van der Waals surface area contributed by atoms with Gasteiger partial charge in [0.05, 0.1) is 12.6 Å². The first-order valence-electron chi connectivity index (χ1n) is 9.14. The van der Waals surface area contributed by atoms with Gasteiger partial charge >= 0.3 is 0 Å². The highest BCUT2D eigenvalue weighted by atomic mass is 16.5. The molecule has 0 radical (unpaired) electrons. The van der Waals surface area contributed by atoms with Gasteiger partial charge in [-0.3, -0.25) is 0 Å². The molecule has 2 atom stereocenters. The van der Waals surface area contributed by atoms with Crippen molar-refractivity contribution in [2.45, 2.75) is 38.6 Å². The maximum atomic E-state index is 5.65. The van der Waals surface area contributed by atoms with Gasteiger partial charge in [0.1, 0.15) is 12.7 Å². The molecule has 1 aliphatic rings. The molecule has 4 rings (SSSR count). The molecule has 0 unspecified atom stereocenters. The van der Waals surface area contributed by atoms with Crippen molar-refractivity contribution in [3.8, 4) is 11.1 Å². The predicted molar refractivity (Wildman–Crippen MR) is 102 cm³/mol. The zero-order valence-corrected chi connectivity index (χ0v) is 15.0. The van der Waals surface area contributed by atoms with Crippen LogP contribution >= 0.6 is 0 Å². The molecule has 1 aliphatic heterocycles. The van der Waals surface area contributed by atoms with Gasteiger partial charge in [0, 0.05) is 19.2 Å². The third-order valence-corrected chi connectivity index (χ3v) is 5.02. The number of hydrogen-bond donors (Lipinski definition) is 1. The first-order chi connectivity index (χ1) is 12.8. The number of hydrogen-bond acceptors (Lipinski definition) is 4. The highest BCUT2D eigenvalue weighted by molar-refractivity contribution is 5.67. The molecule has 26 heavy (non-hydrogen) atoms. The molecule has 1 saturated heterocycles. The average Bonchev–Trinajstić information content (AvgIpc) is 3.33. The fraction of sp³-hybridized carbons (Fsp3) is 0.333. The lowest BCUT2D eigenvalue weighted by Crippen LogP contribution is -2.34. The first kappa shape index (κ1) is 16.9. The van der Waals surface area contributed by atoms with Crippen LogP contribution in [0.1, 0.15) is 24.5 Å². The van der Waals surface area contributed by atoms with Gasteiger partial charge in [-0.05, 0) is 35.6 Å². The van der Waals surface area contributed by atoms with Crippen LogP contribution in [-0.4, -0.2) is 33.5 Å². The maximum absolute atomic E-state index is 5.65. The Kier molecular flexibility index (Phi) is 5.09. The van der Waals surface area contributed by atoms with Crippen LogP contribution in [-0.2, 0) is 17.8 Å². The topological polar surface area (TPSA) is 52.0 Å². The Morgan fingerprint density at radius 1 is 1.15 bits per heavy atom. The van der Waals surface area contributed by atoms with E-state index in [2.05, 4.69) is 70.9 Å². The van der Waals surface area contributed by atoms with E-state index < -0.39 is 0 Å². The Morgan fingerprint density at radius 3 is 2.73 bits per heavy atom. The van der Waals surface area contributed by atoms with Crippen molar-refractivity contribution in [1.82, 2.24) is 20.1 Å². The molecule has 0 bridgehead atoms. The molecule has 0 amide bonds. The van der Waals surface area contributed by atoms with Crippen molar-refractivity contribution < 1.29 is 4.74 Å². The van der Waals surface area contributed by atoms with Gasteiger partial charge in [-0.1, -0.05) is 48.5 Å². The van der Waals surface area contributed by atoms with E-state index in [1.807, 2.05) is 4.68 Å². The van der Waals surface area contributed by atoms with Crippen LogP contribution in [0.5, 0.6) is 0 Å². The lowest BCUT2D eigenvalue weighted by Gasteiger charge is -2.18. The van der Waals surface area contributed by atoms with Crippen molar-refractivity contribution in [1.29, 1.82) is 0 Å². The van der Waals surface area contributed by atoms with Gasteiger partial charge in [0.15, 0.2) is 0 Å². The van der Waals surface area contributed by atoms with E-state index in [0.29, 0.717) is 12.1 Å². The molecule has 1 N–H and O–H groups in total. The summed E-state index contributed by atoms with van der Waals surface area (Å²) in [4.78, 5) is 3.99. The molecular weight excluding hydrogens is 324 g/mol. The fourth-order valence-corrected chi connectivity index (χ4v) is 3.49. The minimum atomic E-state index is 0.290. The third kappa shape index (κ3) is 3.84. The van der Waals surface area contributed by atoms with Gasteiger partial charge in [-0.2, -0.15) is 5.10 Å². The molecule has 0 aliphatic carbocycles. The summed E-state index contributed by atoms with van der Waals surface area (Å²) in [5.41, 5.74) is 5.04. The number of ether oxygens (including phenoxy) is 1. The van der Waals surface area contributed by atoms with E-state index in [9.17, 15) is 0 Å². The summed E-state index contributed by atoms with van der Waals surface area (Å²) in [5.74, 6) is 0. The summed E-state index contributed by atoms with van der Waals surface area (Å²) < 4.78 is 7.48. The number of benzene rings is 2. The monoisotopic (exact) mass is 348 g/mol. The van der Waals surface area contributed by atoms with Crippen molar-refractivity contribution >= 4 is 0 Å². The van der Waals surface area contributed by atoms with Gasteiger partial charge in [0.2, 0.25) is 0 Å². The van der Waals surface area contributed by atoms with E-state index in [1.54, 1.807) is 12.7 Å². The molecule has 0 saturated carbocycles. The SMILES string of the molecule is C[C@@H]1OCC[C@H]1NCc1ccccc1-c1ccc(Cn2cncn2)cc1. The molecule has 0 spiro atoms. The summed E-state index contributed by atoms with van der Waals surface area (Å²) in [6.45, 7) is 4.59. The number of rotatable bonds is 6. The Balaban J connectivity index is 1.48. The van der Waals surface area contributed by atoms with Crippen molar-refractivity contribution in [2.75, 3.05) is 6.61 Å². The number of nitrogens with zero attached hydrogens (tertiary/aromatic N) is 3. The van der Waals surface area contributed by atoms with E-state index in [0.717, 1.165) is 26.1 Å². The lowest BCUT2D eigenvalue weighted by atomic mass is 9.98. The van der Waals surface area contributed by atoms with Crippen LogP contribution in [0.15, 0.2) is 61.2 Å². The van der Waals surface area contributed by atoms with Crippen LogP contribution in [0.4, 0.5) is 0 Å². The molecule has 5 heteroatoms. The fourth-order valence-electron chi connectivity index (χ4n) is 3.49. The summed E-state index contributed by atoms with van der Waals surface area (Å²) in [7, 11) is 0. The molecular formula is C21H24N4O. The van der Waals surface area contributed by atoms with E-state index in [4.69, 9.17) is 4.74 Å². The average molecular weight is 348 g/mol. The molecule has 134 valence electrons. The standard InChI is InChI=1S/C21H24N4O/c1-16-21(10-11-26-16)23-12-19-4-2-3-5-20(19)18-8-6-17(7-9-18)13-25-15-22-14-24-25/h2-9,14-16,21,23H,10-13H2,1H3/t16-,21+/m0/s1. The van der Waals surface area contributed by atoms with Crippen molar-refractivity contribution in [2.24, 2.45) is 0 Å². The van der Waals surface area contributed by atoms with Crippen LogP contribution in [0.2, 0.25) is 0 Å². The molecule has 2 heterocycles. The molecule has 1 fully saturated rings. The highest BCUT2D eigenvalue weighted by Gasteiger charge is 2.23. The zero-order valence-electron chi connectivity index (χ0n) is 15.0. The molecule has 3 aromatic rings. The quantitative estimate of drug-likeness (QED) is 0.743. The summed E-state index contributed by atoms with van der Waals surface area (Å²) in [6, 6.07) is 17.7. The van der Waals surface area contributed by atoms with Crippen molar-refractivity contribution in [3.05, 3.63) is 72.3 Å². The second kappa shape index (κ2) is 7.81. The van der Waals surface area contributed by atoms with Crippen LogP contribution < -0.4 is 5.32 Å². The Bertz CT molecular complexity index is 829. The highest BCUT2D eigenvalue weighted by Crippen LogP contribution is 2.25. The Hall–Kier alpha value is -2.50. The molecule has 1 aromatic heterocycles. The smallest absolute Gasteiger partial charge is 0.137 e. The zero-order chi connectivity index (χ0) is 17.8.